The summed E-state index contributed by atoms with van der Waals surface area (Å²) < 4.78 is 10.5. The summed E-state index contributed by atoms with van der Waals surface area (Å²) in [6.07, 6.45) is 1.75. The van der Waals surface area contributed by atoms with E-state index in [9.17, 15) is 0 Å². The third kappa shape index (κ3) is 5.25. The lowest BCUT2D eigenvalue weighted by Crippen LogP contribution is -2.45. The van der Waals surface area contributed by atoms with Crippen LogP contribution >= 0.6 is 12.4 Å². The number of nitrogens with zero attached hydrogens (tertiary/aromatic N) is 3. The van der Waals surface area contributed by atoms with Crippen molar-refractivity contribution >= 4 is 12.4 Å². The first-order valence-electron chi connectivity index (χ1n) is 8.64. The molecule has 0 saturated carbocycles. The van der Waals surface area contributed by atoms with Gasteiger partial charge >= 0.3 is 0 Å². The van der Waals surface area contributed by atoms with Crippen LogP contribution in [0.2, 0.25) is 0 Å². The second-order valence-electron chi connectivity index (χ2n) is 6.13. The molecule has 0 radical (unpaired) electrons. The molecule has 0 spiro atoms. The Balaban J connectivity index is 0.00000225. The molecule has 2 heterocycles. The smallest absolute Gasteiger partial charge is 0.240 e. The molecular formula is C18H27ClN4O2. The highest BCUT2D eigenvalue weighted by molar-refractivity contribution is 5.85. The number of hydrogen-bond acceptors (Lipinski definition) is 6. The van der Waals surface area contributed by atoms with Gasteiger partial charge in [-0.3, -0.25) is 4.90 Å². The molecule has 2 aromatic rings. The van der Waals surface area contributed by atoms with E-state index in [1.54, 1.807) is 7.11 Å². The fraction of sp³-hybridized carbons (Fsp3) is 0.556. The number of benzene rings is 1. The number of aromatic nitrogens is 2. The largest absolute Gasteiger partial charge is 0.384 e. The molecule has 1 unspecified atom stereocenters. The van der Waals surface area contributed by atoms with Gasteiger partial charge in [-0.25, -0.2) is 0 Å². The van der Waals surface area contributed by atoms with Gasteiger partial charge in [0.15, 0.2) is 5.82 Å². The Kier molecular flexibility index (Phi) is 7.84. The molecule has 7 heteroatoms. The molecule has 0 amide bonds. The summed E-state index contributed by atoms with van der Waals surface area (Å²) in [6.45, 7) is 6.36. The van der Waals surface area contributed by atoms with Gasteiger partial charge in [-0.05, 0) is 17.5 Å². The van der Waals surface area contributed by atoms with E-state index < -0.39 is 0 Å². The van der Waals surface area contributed by atoms with Crippen molar-refractivity contribution in [3.05, 3.63) is 47.1 Å². The molecule has 1 fully saturated rings. The number of hydrogen-bond donors (Lipinski definition) is 1. The summed E-state index contributed by atoms with van der Waals surface area (Å²) in [7, 11) is 1.68. The first-order valence-corrected chi connectivity index (χ1v) is 8.64. The summed E-state index contributed by atoms with van der Waals surface area (Å²) in [6, 6.07) is 9.25. The van der Waals surface area contributed by atoms with Crippen molar-refractivity contribution in [1.29, 1.82) is 0 Å². The first kappa shape index (κ1) is 19.8. The monoisotopic (exact) mass is 366 g/mol. The van der Waals surface area contributed by atoms with Crippen LogP contribution in [-0.4, -0.2) is 48.4 Å². The summed E-state index contributed by atoms with van der Waals surface area (Å²) in [4.78, 5) is 6.89. The molecule has 1 saturated heterocycles. The average molecular weight is 367 g/mol. The molecule has 1 atom stereocenters. The van der Waals surface area contributed by atoms with Crippen molar-refractivity contribution in [3.8, 4) is 0 Å². The topological polar surface area (TPSA) is 63.4 Å². The van der Waals surface area contributed by atoms with E-state index in [-0.39, 0.29) is 12.4 Å². The minimum absolute atomic E-state index is 0. The number of ether oxygens (including phenoxy) is 1. The molecule has 1 aliphatic rings. The Labute approximate surface area is 155 Å². The molecule has 1 aromatic carbocycles. The lowest BCUT2D eigenvalue weighted by molar-refractivity contribution is 0.135. The lowest BCUT2D eigenvalue weighted by Gasteiger charge is -2.35. The quantitative estimate of drug-likeness (QED) is 0.811. The van der Waals surface area contributed by atoms with Gasteiger partial charge in [-0.15, -0.1) is 12.4 Å². The molecule has 1 aromatic heterocycles. The molecule has 25 heavy (non-hydrogen) atoms. The van der Waals surface area contributed by atoms with Crippen LogP contribution in [0, 0.1) is 0 Å². The van der Waals surface area contributed by atoms with Crippen molar-refractivity contribution in [2.45, 2.75) is 32.4 Å². The van der Waals surface area contributed by atoms with Gasteiger partial charge in [-0.2, -0.15) is 4.98 Å². The van der Waals surface area contributed by atoms with Crippen LogP contribution < -0.4 is 5.32 Å². The zero-order valence-corrected chi connectivity index (χ0v) is 15.7. The molecule has 0 bridgehead atoms. The number of rotatable bonds is 7. The predicted octanol–water partition coefficient (Wildman–Crippen LogP) is 2.39. The molecule has 1 aliphatic heterocycles. The molecule has 3 rings (SSSR count). The molecule has 0 aliphatic carbocycles. The molecule has 1 N–H and O–H groups in total. The van der Waals surface area contributed by atoms with Crippen LogP contribution in [0.4, 0.5) is 0 Å². The van der Waals surface area contributed by atoms with Gasteiger partial charge in [0.25, 0.3) is 0 Å². The Morgan fingerprint density at radius 1 is 1.32 bits per heavy atom. The normalized spacial score (nSPS) is 18.1. The Morgan fingerprint density at radius 2 is 2.12 bits per heavy atom. The van der Waals surface area contributed by atoms with Crippen LogP contribution in [0.1, 0.15) is 35.8 Å². The van der Waals surface area contributed by atoms with Crippen LogP contribution in [-0.2, 0) is 24.1 Å². The third-order valence-electron chi connectivity index (χ3n) is 4.51. The number of halogens is 1. The van der Waals surface area contributed by atoms with Gasteiger partial charge in [0.1, 0.15) is 0 Å². The van der Waals surface area contributed by atoms with Crippen LogP contribution in [0.25, 0.3) is 0 Å². The van der Waals surface area contributed by atoms with Crippen molar-refractivity contribution in [2.24, 2.45) is 0 Å². The fourth-order valence-corrected chi connectivity index (χ4v) is 3.06. The van der Waals surface area contributed by atoms with Crippen LogP contribution in [0.3, 0.4) is 0 Å². The van der Waals surface area contributed by atoms with E-state index >= 15 is 0 Å². The third-order valence-corrected chi connectivity index (χ3v) is 4.51. The fourth-order valence-electron chi connectivity index (χ4n) is 3.06. The first-order chi connectivity index (χ1) is 11.8. The minimum atomic E-state index is 0. The van der Waals surface area contributed by atoms with Gasteiger partial charge in [0.2, 0.25) is 5.89 Å². The van der Waals surface area contributed by atoms with Crippen molar-refractivity contribution in [2.75, 3.05) is 33.4 Å². The Hall–Kier alpha value is -1.47. The number of nitrogens with one attached hydrogen (secondary N) is 1. The standard InChI is InChI=1S/C18H26N4O2.ClH/c1-3-14-4-6-15(7-5-14)16-12-19-9-10-22(16)13-18-20-17(21-24-18)8-11-23-2;/h4-7,16,19H,3,8-13H2,1-2H3;1H. The maximum atomic E-state index is 5.41. The Bertz CT molecular complexity index is 632. The highest BCUT2D eigenvalue weighted by Gasteiger charge is 2.25. The van der Waals surface area contributed by atoms with Gasteiger partial charge < -0.3 is 14.6 Å². The van der Waals surface area contributed by atoms with E-state index in [0.717, 1.165) is 26.1 Å². The van der Waals surface area contributed by atoms with E-state index in [2.05, 4.69) is 51.5 Å². The van der Waals surface area contributed by atoms with Crippen molar-refractivity contribution < 1.29 is 9.26 Å². The lowest BCUT2D eigenvalue weighted by atomic mass is 10.0. The summed E-state index contributed by atoms with van der Waals surface area (Å²) in [5, 5.41) is 7.52. The highest BCUT2D eigenvalue weighted by atomic mass is 35.5. The van der Waals surface area contributed by atoms with Gasteiger partial charge in [0.05, 0.1) is 13.2 Å². The van der Waals surface area contributed by atoms with E-state index in [0.29, 0.717) is 37.3 Å². The second-order valence-corrected chi connectivity index (χ2v) is 6.13. The number of aryl methyl sites for hydroxylation is 1. The molecule has 138 valence electrons. The highest BCUT2D eigenvalue weighted by Crippen LogP contribution is 2.24. The number of methoxy groups -OCH3 is 1. The number of piperazine rings is 1. The summed E-state index contributed by atoms with van der Waals surface area (Å²) in [5.41, 5.74) is 2.70. The average Bonchev–Trinajstić information content (AvgIpc) is 3.08. The zero-order valence-electron chi connectivity index (χ0n) is 14.9. The van der Waals surface area contributed by atoms with E-state index in [1.807, 2.05) is 0 Å². The Morgan fingerprint density at radius 3 is 2.84 bits per heavy atom. The van der Waals surface area contributed by atoms with Crippen LogP contribution in [0.5, 0.6) is 0 Å². The zero-order chi connectivity index (χ0) is 16.8. The van der Waals surface area contributed by atoms with Gasteiger partial charge in [-0.1, -0.05) is 36.3 Å². The maximum absolute atomic E-state index is 5.41. The summed E-state index contributed by atoms with van der Waals surface area (Å²) >= 11 is 0. The predicted molar refractivity (Wildman–Crippen MR) is 99.0 cm³/mol. The maximum Gasteiger partial charge on any atom is 0.240 e. The van der Waals surface area contributed by atoms with E-state index in [4.69, 9.17) is 9.26 Å². The van der Waals surface area contributed by atoms with Crippen molar-refractivity contribution in [1.82, 2.24) is 20.4 Å². The minimum Gasteiger partial charge on any atom is -0.384 e. The molecule has 6 nitrogen and oxygen atoms in total. The second kappa shape index (κ2) is 9.87. The molecular weight excluding hydrogens is 340 g/mol. The summed E-state index contributed by atoms with van der Waals surface area (Å²) in [5.74, 6) is 1.39. The van der Waals surface area contributed by atoms with E-state index in [1.165, 1.54) is 11.1 Å². The van der Waals surface area contributed by atoms with Gasteiger partial charge in [0, 0.05) is 39.2 Å². The van der Waals surface area contributed by atoms with Crippen molar-refractivity contribution in [3.63, 3.8) is 0 Å². The SMILES string of the molecule is CCc1ccc(C2CNCCN2Cc2nc(CCOC)no2)cc1.Cl. The van der Waals surface area contributed by atoms with Crippen LogP contribution in [0.15, 0.2) is 28.8 Å².